The first-order valence-corrected chi connectivity index (χ1v) is 7.61. The van der Waals surface area contributed by atoms with Crippen molar-refractivity contribution >= 4 is 0 Å². The Hall–Kier alpha value is -1.46. The largest absolute Gasteiger partial charge is 0.493 e. The van der Waals surface area contributed by atoms with E-state index in [-0.39, 0.29) is 0 Å². The maximum atomic E-state index is 5.71. The number of hydrogen-bond donors (Lipinski definition) is 1. The lowest BCUT2D eigenvalue weighted by molar-refractivity contribution is 0.137. The van der Waals surface area contributed by atoms with Crippen LogP contribution in [0.5, 0.6) is 17.2 Å². The van der Waals surface area contributed by atoms with Crippen LogP contribution in [-0.4, -0.2) is 50.4 Å². The van der Waals surface area contributed by atoms with Crippen LogP contribution in [0.25, 0.3) is 0 Å². The monoisotopic (exact) mass is 292 g/mol. The Labute approximate surface area is 126 Å². The number of nitrogens with zero attached hydrogens (tertiary/aromatic N) is 1. The molecule has 116 valence electrons. The molecule has 0 amide bonds. The summed E-state index contributed by atoms with van der Waals surface area (Å²) < 4.78 is 16.8. The minimum atomic E-state index is 0.528. The minimum Gasteiger partial charge on any atom is -0.493 e. The Bertz CT molecular complexity index is 489. The normalized spacial score (nSPS) is 25.7. The summed E-state index contributed by atoms with van der Waals surface area (Å²) in [6.45, 7) is 8.65. The van der Waals surface area contributed by atoms with E-state index < -0.39 is 0 Å². The SMILES string of the molecule is COc1cc(CN2CC(C)NCC2C)cc2c1OCCO2. The fourth-order valence-electron chi connectivity index (χ4n) is 2.97. The van der Waals surface area contributed by atoms with Crippen LogP contribution in [0.1, 0.15) is 19.4 Å². The Morgan fingerprint density at radius 2 is 2.10 bits per heavy atom. The highest BCUT2D eigenvalue weighted by atomic mass is 16.6. The summed E-state index contributed by atoms with van der Waals surface area (Å²) in [6, 6.07) is 5.20. The third-order valence-electron chi connectivity index (χ3n) is 4.17. The Morgan fingerprint density at radius 1 is 1.29 bits per heavy atom. The van der Waals surface area contributed by atoms with Gasteiger partial charge in [0, 0.05) is 31.7 Å². The summed E-state index contributed by atoms with van der Waals surface area (Å²) in [6.07, 6.45) is 0. The number of rotatable bonds is 3. The molecule has 5 heteroatoms. The van der Waals surface area contributed by atoms with E-state index in [2.05, 4.69) is 36.2 Å². The smallest absolute Gasteiger partial charge is 0.203 e. The molecule has 5 nitrogen and oxygen atoms in total. The molecule has 2 heterocycles. The van der Waals surface area contributed by atoms with Crippen molar-refractivity contribution in [3.63, 3.8) is 0 Å². The minimum absolute atomic E-state index is 0.528. The van der Waals surface area contributed by atoms with Gasteiger partial charge in [0.2, 0.25) is 5.75 Å². The van der Waals surface area contributed by atoms with Crippen LogP contribution in [0, 0.1) is 0 Å². The van der Waals surface area contributed by atoms with Crippen molar-refractivity contribution in [2.24, 2.45) is 0 Å². The van der Waals surface area contributed by atoms with Gasteiger partial charge in [0.05, 0.1) is 7.11 Å². The fourth-order valence-corrected chi connectivity index (χ4v) is 2.97. The molecular formula is C16H24N2O3. The first kappa shape index (κ1) is 14.5. The molecular weight excluding hydrogens is 268 g/mol. The van der Waals surface area contributed by atoms with Crippen molar-refractivity contribution in [1.29, 1.82) is 0 Å². The number of piperazine rings is 1. The number of hydrogen-bond acceptors (Lipinski definition) is 5. The second-order valence-electron chi connectivity index (χ2n) is 5.91. The zero-order valence-corrected chi connectivity index (χ0v) is 13.0. The van der Waals surface area contributed by atoms with Crippen LogP contribution >= 0.6 is 0 Å². The molecule has 0 aliphatic carbocycles. The second-order valence-corrected chi connectivity index (χ2v) is 5.91. The molecule has 21 heavy (non-hydrogen) atoms. The quantitative estimate of drug-likeness (QED) is 0.917. The van der Waals surface area contributed by atoms with Crippen molar-refractivity contribution < 1.29 is 14.2 Å². The third kappa shape index (κ3) is 3.09. The van der Waals surface area contributed by atoms with Gasteiger partial charge in [0.1, 0.15) is 13.2 Å². The third-order valence-corrected chi connectivity index (χ3v) is 4.17. The summed E-state index contributed by atoms with van der Waals surface area (Å²) in [5.74, 6) is 2.29. The molecule has 0 saturated carbocycles. The van der Waals surface area contributed by atoms with E-state index >= 15 is 0 Å². The molecule has 0 spiro atoms. The van der Waals surface area contributed by atoms with Crippen molar-refractivity contribution in [2.75, 3.05) is 33.4 Å². The number of benzene rings is 1. The molecule has 1 aromatic rings. The highest BCUT2D eigenvalue weighted by Crippen LogP contribution is 2.40. The van der Waals surface area contributed by atoms with Crippen LogP contribution in [0.4, 0.5) is 0 Å². The first-order valence-electron chi connectivity index (χ1n) is 7.61. The molecule has 2 unspecified atom stereocenters. The van der Waals surface area contributed by atoms with Gasteiger partial charge in [-0.25, -0.2) is 0 Å². The van der Waals surface area contributed by atoms with E-state index in [1.165, 1.54) is 5.56 Å². The zero-order chi connectivity index (χ0) is 14.8. The van der Waals surface area contributed by atoms with E-state index in [0.717, 1.165) is 36.9 Å². The van der Waals surface area contributed by atoms with E-state index in [1.54, 1.807) is 7.11 Å². The first-order chi connectivity index (χ1) is 10.2. The second kappa shape index (κ2) is 6.12. The van der Waals surface area contributed by atoms with Crippen LogP contribution in [0.3, 0.4) is 0 Å². The van der Waals surface area contributed by atoms with E-state index in [9.17, 15) is 0 Å². The van der Waals surface area contributed by atoms with Gasteiger partial charge < -0.3 is 19.5 Å². The van der Waals surface area contributed by atoms with Gasteiger partial charge in [-0.3, -0.25) is 4.90 Å². The summed E-state index contributed by atoms with van der Waals surface area (Å²) in [5, 5.41) is 3.51. The van der Waals surface area contributed by atoms with Gasteiger partial charge in [-0.05, 0) is 31.5 Å². The average Bonchev–Trinajstić information content (AvgIpc) is 2.50. The molecule has 1 fully saturated rings. The Morgan fingerprint density at radius 3 is 2.90 bits per heavy atom. The summed E-state index contributed by atoms with van der Waals surface area (Å²) in [5.41, 5.74) is 1.21. The predicted molar refractivity (Wildman–Crippen MR) is 81.3 cm³/mol. The maximum absolute atomic E-state index is 5.71. The zero-order valence-electron chi connectivity index (χ0n) is 13.0. The standard InChI is InChI=1S/C16H24N2O3/c1-11-9-18(12(2)8-17-11)10-13-6-14(19-3)16-15(7-13)20-4-5-21-16/h6-7,11-12,17H,4-5,8-10H2,1-3H3. The van der Waals surface area contributed by atoms with E-state index in [1.807, 2.05) is 0 Å². The van der Waals surface area contributed by atoms with Gasteiger partial charge in [0.25, 0.3) is 0 Å². The lowest BCUT2D eigenvalue weighted by atomic mass is 10.1. The molecule has 0 radical (unpaired) electrons. The summed E-state index contributed by atoms with van der Waals surface area (Å²) in [4.78, 5) is 2.49. The summed E-state index contributed by atoms with van der Waals surface area (Å²) in [7, 11) is 1.67. The predicted octanol–water partition coefficient (Wildman–Crippen LogP) is 1.65. The molecule has 3 rings (SSSR count). The van der Waals surface area contributed by atoms with Crippen LogP contribution < -0.4 is 19.5 Å². The molecule has 0 bridgehead atoms. The van der Waals surface area contributed by atoms with Gasteiger partial charge in [0.15, 0.2) is 11.5 Å². The maximum Gasteiger partial charge on any atom is 0.203 e. The van der Waals surface area contributed by atoms with Crippen LogP contribution in [0.15, 0.2) is 12.1 Å². The molecule has 1 N–H and O–H groups in total. The number of methoxy groups -OCH3 is 1. The highest BCUT2D eigenvalue weighted by Gasteiger charge is 2.24. The summed E-state index contributed by atoms with van der Waals surface area (Å²) >= 11 is 0. The average molecular weight is 292 g/mol. The van der Waals surface area contributed by atoms with Gasteiger partial charge >= 0.3 is 0 Å². The van der Waals surface area contributed by atoms with Crippen molar-refractivity contribution in [1.82, 2.24) is 10.2 Å². The number of ether oxygens (including phenoxy) is 3. The number of fused-ring (bicyclic) bond motifs is 1. The molecule has 1 saturated heterocycles. The Kier molecular flexibility index (Phi) is 4.22. The molecule has 2 atom stereocenters. The molecule has 0 aromatic heterocycles. The van der Waals surface area contributed by atoms with E-state index in [4.69, 9.17) is 14.2 Å². The van der Waals surface area contributed by atoms with Gasteiger partial charge in [-0.2, -0.15) is 0 Å². The van der Waals surface area contributed by atoms with Crippen LogP contribution in [0.2, 0.25) is 0 Å². The van der Waals surface area contributed by atoms with Crippen LogP contribution in [-0.2, 0) is 6.54 Å². The van der Waals surface area contributed by atoms with E-state index in [0.29, 0.717) is 25.3 Å². The molecule has 2 aliphatic heterocycles. The lowest BCUT2D eigenvalue weighted by Crippen LogP contribution is -2.53. The Balaban J connectivity index is 1.81. The topological polar surface area (TPSA) is 43.0 Å². The molecule has 2 aliphatic rings. The van der Waals surface area contributed by atoms with Gasteiger partial charge in [-0.1, -0.05) is 0 Å². The highest BCUT2D eigenvalue weighted by molar-refractivity contribution is 5.54. The van der Waals surface area contributed by atoms with Gasteiger partial charge in [-0.15, -0.1) is 0 Å². The lowest BCUT2D eigenvalue weighted by Gasteiger charge is -2.37. The van der Waals surface area contributed by atoms with Crippen molar-refractivity contribution in [2.45, 2.75) is 32.5 Å². The fraction of sp³-hybridized carbons (Fsp3) is 0.625. The van der Waals surface area contributed by atoms with Crippen molar-refractivity contribution in [3.8, 4) is 17.2 Å². The van der Waals surface area contributed by atoms with Crippen molar-refractivity contribution in [3.05, 3.63) is 17.7 Å². The molecule has 1 aromatic carbocycles. The number of nitrogens with one attached hydrogen (secondary N) is 1.